The number of carbonyl (C=O) groups excluding carboxylic acids is 4. The van der Waals surface area contributed by atoms with Crippen molar-refractivity contribution in [3.63, 3.8) is 0 Å². The standard InChI is InChI=1S/C54H80N2O10/c1-9-11-13-25-54(26-14-12-10-2)63-44-32-38(49(60)56-28-16-19-42(56)48(59)55-39(34-57)21-23-46(58)65-51(3,4)5)31-43(47(44)66-54)62-50(61)37-18-15-17-35(30-37)29-36-20-22-45-53(8,64-45)27-24-41-40(36)33-52(41,6)7/h15,17-18,29-30,32,39-45,47,57H,9-14,16,19-28,31,33-34H2,1-8H3,(H,55,59). The van der Waals surface area contributed by atoms with Gasteiger partial charge in [0, 0.05) is 37.8 Å². The molecule has 2 N–H and O–H groups in total. The van der Waals surface area contributed by atoms with Crippen molar-refractivity contribution < 1.29 is 48.0 Å². The van der Waals surface area contributed by atoms with E-state index in [1.807, 2.05) is 18.2 Å². The Balaban J connectivity index is 1.10. The van der Waals surface area contributed by atoms with Crippen molar-refractivity contribution >= 4 is 29.8 Å². The fourth-order valence-corrected chi connectivity index (χ4v) is 11.6. The van der Waals surface area contributed by atoms with Crippen molar-refractivity contribution in [2.45, 2.75) is 224 Å². The van der Waals surface area contributed by atoms with Crippen LogP contribution >= 0.6 is 0 Å². The molecule has 1 aromatic carbocycles. The van der Waals surface area contributed by atoms with Gasteiger partial charge in [0.15, 0.2) is 5.79 Å². The van der Waals surface area contributed by atoms with E-state index in [4.69, 9.17) is 23.7 Å². The molecule has 6 aliphatic rings. The van der Waals surface area contributed by atoms with E-state index in [2.05, 4.69) is 52.1 Å². The number of aliphatic hydroxyl groups is 1. The number of esters is 2. The Morgan fingerprint density at radius 1 is 0.985 bits per heavy atom. The van der Waals surface area contributed by atoms with Crippen LogP contribution in [0.3, 0.4) is 0 Å². The van der Waals surface area contributed by atoms with Crippen molar-refractivity contribution in [1.29, 1.82) is 0 Å². The second-order valence-corrected chi connectivity index (χ2v) is 22.2. The van der Waals surface area contributed by atoms with Gasteiger partial charge in [0.05, 0.1) is 29.9 Å². The number of allylic oxidation sites excluding steroid dienone is 1. The molecule has 0 aromatic heterocycles. The smallest absolute Gasteiger partial charge is 0.338 e. The molecule has 3 saturated heterocycles. The zero-order valence-corrected chi connectivity index (χ0v) is 41.3. The summed E-state index contributed by atoms with van der Waals surface area (Å²) in [5.74, 6) is -1.33. The molecule has 12 heteroatoms. The molecule has 0 radical (unpaired) electrons. The summed E-state index contributed by atoms with van der Waals surface area (Å²) in [7, 11) is 0. The largest absolute Gasteiger partial charge is 0.460 e. The zero-order chi connectivity index (χ0) is 47.4. The molecule has 66 heavy (non-hydrogen) atoms. The molecular weight excluding hydrogens is 837 g/mol. The van der Waals surface area contributed by atoms with Crippen LogP contribution < -0.4 is 5.32 Å². The van der Waals surface area contributed by atoms with E-state index in [9.17, 15) is 24.3 Å². The van der Waals surface area contributed by atoms with Gasteiger partial charge >= 0.3 is 11.9 Å². The van der Waals surface area contributed by atoms with Crippen molar-refractivity contribution in [3.8, 4) is 0 Å². The summed E-state index contributed by atoms with van der Waals surface area (Å²) in [4.78, 5) is 56.8. The van der Waals surface area contributed by atoms with Crippen LogP contribution in [-0.4, -0.2) is 100 Å². The maximum absolute atomic E-state index is 14.6. The number of fused-ring (bicyclic) bond motifs is 3. The molecule has 2 saturated carbocycles. The quantitative estimate of drug-likeness (QED) is 0.0827. The van der Waals surface area contributed by atoms with Gasteiger partial charge in [-0.15, -0.1) is 0 Å². The number of amides is 2. The third kappa shape index (κ3) is 12.0. The SMILES string of the molecule is CCCCCC1(CCCCC)OC2C=C(C(=O)N3CCCC3C(=O)NC(CO)CCC(=O)OC(C)(C)C)CC(OC(=O)c3cccc(C=C4CCC5OC5(C)CCC5C4CC5(C)C)c3)C2O1. The minimum absolute atomic E-state index is 0.00614. The molecule has 3 aliphatic heterocycles. The molecule has 2 amide bonds. The highest BCUT2D eigenvalue weighted by atomic mass is 16.8. The number of nitrogens with one attached hydrogen (secondary N) is 1. The number of unbranched alkanes of at least 4 members (excludes halogenated alkanes) is 4. The van der Waals surface area contributed by atoms with Gasteiger partial charge in [-0.1, -0.05) is 77.2 Å². The van der Waals surface area contributed by atoms with Crippen LogP contribution in [0, 0.1) is 17.3 Å². The van der Waals surface area contributed by atoms with Gasteiger partial charge in [-0.05, 0) is 133 Å². The Morgan fingerprint density at radius 2 is 1.73 bits per heavy atom. The van der Waals surface area contributed by atoms with Crippen molar-refractivity contribution in [2.75, 3.05) is 13.2 Å². The lowest BCUT2D eigenvalue weighted by Gasteiger charge is -2.53. The number of aliphatic hydroxyl groups excluding tert-OH is 1. The first-order valence-corrected chi connectivity index (χ1v) is 25.6. The van der Waals surface area contributed by atoms with Gasteiger partial charge in [0.25, 0.3) is 0 Å². The summed E-state index contributed by atoms with van der Waals surface area (Å²) in [5, 5.41) is 13.0. The number of benzene rings is 1. The average Bonchev–Trinajstić information content (AvgIpc) is 3.54. The second-order valence-electron chi connectivity index (χ2n) is 22.2. The fraction of sp³-hybridized carbons (Fsp3) is 0.741. The molecule has 9 atom stereocenters. The number of likely N-dealkylation sites (tertiary alicyclic amines) is 1. The maximum atomic E-state index is 14.6. The number of ether oxygens (including phenoxy) is 5. The number of hydrogen-bond acceptors (Lipinski definition) is 10. The summed E-state index contributed by atoms with van der Waals surface area (Å²) < 4.78 is 31.9. The van der Waals surface area contributed by atoms with Crippen molar-refractivity contribution in [2.24, 2.45) is 17.3 Å². The second kappa shape index (κ2) is 21.0. The molecule has 366 valence electrons. The Bertz CT molecular complexity index is 1960. The summed E-state index contributed by atoms with van der Waals surface area (Å²) in [5.41, 5.74) is 2.92. The van der Waals surface area contributed by atoms with E-state index in [0.717, 1.165) is 76.2 Å². The highest BCUT2D eigenvalue weighted by molar-refractivity contribution is 5.98. The summed E-state index contributed by atoms with van der Waals surface area (Å²) in [6, 6.07) is 6.25. The Hall–Kier alpha value is -3.58. The van der Waals surface area contributed by atoms with E-state index in [0.29, 0.717) is 61.3 Å². The summed E-state index contributed by atoms with van der Waals surface area (Å²) >= 11 is 0. The number of nitrogens with zero attached hydrogens (tertiary/aromatic N) is 1. The zero-order valence-electron chi connectivity index (χ0n) is 41.3. The number of rotatable bonds is 18. The molecular formula is C54H80N2O10. The van der Waals surface area contributed by atoms with Crippen LogP contribution in [0.25, 0.3) is 6.08 Å². The van der Waals surface area contributed by atoms with Gasteiger partial charge in [-0.2, -0.15) is 0 Å². The van der Waals surface area contributed by atoms with Gasteiger partial charge in [0.2, 0.25) is 11.8 Å². The molecule has 1 aromatic rings. The van der Waals surface area contributed by atoms with Crippen LogP contribution in [-0.2, 0) is 38.1 Å². The Kier molecular flexibility index (Phi) is 16.0. The fourth-order valence-electron chi connectivity index (χ4n) is 11.6. The van der Waals surface area contributed by atoms with E-state index in [-0.39, 0.29) is 48.7 Å². The Morgan fingerprint density at radius 3 is 2.41 bits per heavy atom. The predicted molar refractivity (Wildman–Crippen MR) is 253 cm³/mol. The highest BCUT2D eigenvalue weighted by Crippen LogP contribution is 2.60. The molecule has 5 fully saturated rings. The number of hydrogen-bond donors (Lipinski definition) is 2. The van der Waals surface area contributed by atoms with Crippen LogP contribution in [0.4, 0.5) is 0 Å². The van der Waals surface area contributed by atoms with Crippen molar-refractivity contribution in [1.82, 2.24) is 10.2 Å². The van der Waals surface area contributed by atoms with E-state index >= 15 is 0 Å². The lowest BCUT2D eigenvalue weighted by Crippen LogP contribution is -2.51. The molecule has 9 unspecified atom stereocenters. The van der Waals surface area contributed by atoms with Crippen LogP contribution in [0.15, 0.2) is 41.5 Å². The third-order valence-electron chi connectivity index (χ3n) is 15.4. The highest BCUT2D eigenvalue weighted by Gasteiger charge is 2.56. The molecule has 3 aliphatic carbocycles. The predicted octanol–water partition coefficient (Wildman–Crippen LogP) is 9.55. The van der Waals surface area contributed by atoms with Gasteiger partial charge in [-0.25, -0.2) is 4.79 Å². The topological polar surface area (TPSA) is 153 Å². The number of epoxide rings is 1. The van der Waals surface area contributed by atoms with Gasteiger partial charge in [0.1, 0.15) is 30.0 Å². The Labute approximate surface area is 394 Å². The molecule has 7 rings (SSSR count). The lowest BCUT2D eigenvalue weighted by molar-refractivity contribution is -0.190. The lowest BCUT2D eigenvalue weighted by atomic mass is 9.52. The molecule has 0 bridgehead atoms. The van der Waals surface area contributed by atoms with Gasteiger partial charge < -0.3 is 39.0 Å². The summed E-state index contributed by atoms with van der Waals surface area (Å²) in [6.45, 7) is 16.8. The third-order valence-corrected chi connectivity index (χ3v) is 15.4. The maximum Gasteiger partial charge on any atom is 0.338 e. The minimum Gasteiger partial charge on any atom is -0.460 e. The molecule has 12 nitrogen and oxygen atoms in total. The molecule has 0 spiro atoms. The first-order valence-electron chi connectivity index (χ1n) is 25.6. The average molecular weight is 917 g/mol. The monoisotopic (exact) mass is 917 g/mol. The van der Waals surface area contributed by atoms with E-state index in [1.54, 1.807) is 31.7 Å². The first kappa shape index (κ1) is 50.3. The van der Waals surface area contributed by atoms with E-state index < -0.39 is 53.7 Å². The number of carbonyl (C=O) groups is 4. The van der Waals surface area contributed by atoms with Crippen LogP contribution in [0.5, 0.6) is 0 Å². The minimum atomic E-state index is -0.868. The normalized spacial score (nSPS) is 30.9. The van der Waals surface area contributed by atoms with Crippen molar-refractivity contribution in [3.05, 3.63) is 52.6 Å². The first-order chi connectivity index (χ1) is 31.4. The molecule has 3 heterocycles. The van der Waals surface area contributed by atoms with Crippen LogP contribution in [0.2, 0.25) is 0 Å². The van der Waals surface area contributed by atoms with Crippen LogP contribution in [0.1, 0.15) is 187 Å². The van der Waals surface area contributed by atoms with E-state index in [1.165, 1.54) is 5.57 Å². The summed E-state index contributed by atoms with van der Waals surface area (Å²) in [6.07, 6.45) is 16.6. The van der Waals surface area contributed by atoms with Gasteiger partial charge in [-0.3, -0.25) is 14.4 Å².